The number of nitrogens with zero attached hydrogens (tertiary/aromatic N) is 1. The van der Waals surface area contributed by atoms with E-state index in [0.717, 1.165) is 18.2 Å². The summed E-state index contributed by atoms with van der Waals surface area (Å²) in [6, 6.07) is 9.79. The Morgan fingerprint density at radius 3 is 2.69 bits per heavy atom. The highest BCUT2D eigenvalue weighted by atomic mass is 19.4. The van der Waals surface area contributed by atoms with Gasteiger partial charge in [0, 0.05) is 20.0 Å². The average molecular weight is 449 g/mol. The van der Waals surface area contributed by atoms with E-state index in [2.05, 4.69) is 15.3 Å². The van der Waals surface area contributed by atoms with Gasteiger partial charge in [-0.2, -0.15) is 13.2 Å². The number of hydrogen-bond acceptors (Lipinski definition) is 5. The van der Waals surface area contributed by atoms with Gasteiger partial charge in [0.05, 0.1) is 28.8 Å². The van der Waals surface area contributed by atoms with Crippen LogP contribution in [0.3, 0.4) is 0 Å². The van der Waals surface area contributed by atoms with Gasteiger partial charge in [0.25, 0.3) is 5.56 Å². The molecule has 0 atom stereocenters. The number of methoxy groups -OCH3 is 1. The van der Waals surface area contributed by atoms with Crippen molar-refractivity contribution >= 4 is 22.5 Å². The molecule has 2 aromatic carbocycles. The summed E-state index contributed by atoms with van der Waals surface area (Å²) >= 11 is 0. The van der Waals surface area contributed by atoms with Crippen molar-refractivity contribution in [2.45, 2.75) is 25.4 Å². The van der Waals surface area contributed by atoms with Crippen molar-refractivity contribution in [2.24, 2.45) is 0 Å². The van der Waals surface area contributed by atoms with Crippen LogP contribution < -0.4 is 15.6 Å². The smallest absolute Gasteiger partial charge is 0.416 e. The number of alkyl halides is 3. The first-order valence-corrected chi connectivity index (χ1v) is 9.88. The molecule has 1 aromatic heterocycles. The van der Waals surface area contributed by atoms with E-state index in [4.69, 9.17) is 9.47 Å². The minimum Gasteiger partial charge on any atom is -0.489 e. The molecule has 1 heterocycles. The molecule has 1 amide bonds. The molecule has 0 unspecified atom stereocenters. The lowest BCUT2D eigenvalue weighted by atomic mass is 10.1. The summed E-state index contributed by atoms with van der Waals surface area (Å²) in [4.78, 5) is 31.5. The maximum Gasteiger partial charge on any atom is 0.416 e. The molecule has 2 N–H and O–H groups in total. The minimum absolute atomic E-state index is 0.0181. The van der Waals surface area contributed by atoms with Gasteiger partial charge in [0.15, 0.2) is 0 Å². The average Bonchev–Trinajstić information content (AvgIpc) is 2.74. The molecule has 0 radical (unpaired) electrons. The molecule has 0 aliphatic rings. The number of H-pyrrole nitrogens is 1. The Morgan fingerprint density at radius 1 is 1.16 bits per heavy atom. The number of halogens is 3. The van der Waals surface area contributed by atoms with E-state index >= 15 is 0 Å². The van der Waals surface area contributed by atoms with Crippen molar-refractivity contribution in [1.82, 2.24) is 9.97 Å². The Kier molecular flexibility index (Phi) is 7.47. The van der Waals surface area contributed by atoms with E-state index < -0.39 is 17.6 Å². The first kappa shape index (κ1) is 23.3. The maximum atomic E-state index is 13.1. The zero-order valence-electron chi connectivity index (χ0n) is 17.3. The molecular formula is C22H22F3N3O4. The first-order valence-electron chi connectivity index (χ1n) is 9.88. The Labute approximate surface area is 181 Å². The van der Waals surface area contributed by atoms with Gasteiger partial charge >= 0.3 is 6.18 Å². The molecule has 0 fully saturated rings. The zero-order valence-corrected chi connectivity index (χ0v) is 17.3. The number of anilines is 1. The normalized spacial score (nSPS) is 11.5. The maximum absolute atomic E-state index is 13.1. The summed E-state index contributed by atoms with van der Waals surface area (Å²) in [6.45, 7) is 0.358. The van der Waals surface area contributed by atoms with Crippen LogP contribution in [0.1, 0.15) is 24.2 Å². The SMILES string of the molecule is COCCOc1ccc(C(F)(F)F)cc1NC(=O)CCCc1nc2ccccc2c(=O)[nH]1. The number of aryl methyl sites for hydroxylation is 1. The molecule has 0 aliphatic heterocycles. The number of rotatable bonds is 9. The third kappa shape index (κ3) is 6.07. The van der Waals surface area contributed by atoms with Gasteiger partial charge in [-0.05, 0) is 36.8 Å². The lowest BCUT2D eigenvalue weighted by molar-refractivity contribution is -0.137. The number of aromatic nitrogens is 2. The molecule has 0 spiro atoms. The van der Waals surface area contributed by atoms with Gasteiger partial charge in [0.2, 0.25) is 5.91 Å². The second kappa shape index (κ2) is 10.3. The second-order valence-electron chi connectivity index (χ2n) is 6.98. The lowest BCUT2D eigenvalue weighted by Gasteiger charge is -2.15. The largest absolute Gasteiger partial charge is 0.489 e. The Hall–Kier alpha value is -3.40. The molecule has 0 saturated carbocycles. The van der Waals surface area contributed by atoms with Crippen LogP contribution in [0.25, 0.3) is 10.9 Å². The van der Waals surface area contributed by atoms with E-state index in [1.54, 1.807) is 24.3 Å². The number of carbonyl (C=O) groups is 1. The van der Waals surface area contributed by atoms with Gasteiger partial charge in [-0.1, -0.05) is 12.1 Å². The van der Waals surface area contributed by atoms with E-state index in [1.807, 2.05) is 0 Å². The van der Waals surface area contributed by atoms with E-state index in [-0.39, 0.29) is 36.6 Å². The van der Waals surface area contributed by atoms with Crippen molar-refractivity contribution in [3.63, 3.8) is 0 Å². The van der Waals surface area contributed by atoms with Crippen molar-refractivity contribution < 1.29 is 27.4 Å². The number of para-hydroxylation sites is 1. The van der Waals surface area contributed by atoms with Crippen molar-refractivity contribution in [3.05, 3.63) is 64.2 Å². The monoisotopic (exact) mass is 449 g/mol. The molecular weight excluding hydrogens is 427 g/mol. The van der Waals surface area contributed by atoms with Crippen molar-refractivity contribution in [3.8, 4) is 5.75 Å². The van der Waals surface area contributed by atoms with Gasteiger partial charge in [-0.25, -0.2) is 4.98 Å². The fraction of sp³-hybridized carbons (Fsp3) is 0.318. The van der Waals surface area contributed by atoms with Gasteiger partial charge in [-0.3, -0.25) is 9.59 Å². The number of aromatic amines is 1. The van der Waals surface area contributed by atoms with Gasteiger partial charge in [0.1, 0.15) is 18.2 Å². The fourth-order valence-electron chi connectivity index (χ4n) is 3.05. The van der Waals surface area contributed by atoms with Gasteiger partial charge in [-0.15, -0.1) is 0 Å². The highest BCUT2D eigenvalue weighted by molar-refractivity contribution is 5.92. The van der Waals surface area contributed by atoms with E-state index in [9.17, 15) is 22.8 Å². The van der Waals surface area contributed by atoms with Crippen LogP contribution in [-0.2, 0) is 22.1 Å². The third-order valence-corrected chi connectivity index (χ3v) is 4.61. The molecule has 3 rings (SSSR count). The number of ether oxygens (including phenoxy) is 2. The van der Waals surface area contributed by atoms with Crippen LogP contribution in [0.5, 0.6) is 5.75 Å². The second-order valence-corrected chi connectivity index (χ2v) is 6.98. The lowest BCUT2D eigenvalue weighted by Crippen LogP contribution is -2.16. The van der Waals surface area contributed by atoms with Crippen LogP contribution >= 0.6 is 0 Å². The van der Waals surface area contributed by atoms with Crippen LogP contribution in [-0.4, -0.2) is 36.2 Å². The summed E-state index contributed by atoms with van der Waals surface area (Å²) in [5.41, 5.74) is -0.683. The van der Waals surface area contributed by atoms with Crippen LogP contribution in [0.15, 0.2) is 47.3 Å². The fourth-order valence-corrected chi connectivity index (χ4v) is 3.05. The summed E-state index contributed by atoms with van der Waals surface area (Å²) < 4.78 is 49.5. The minimum atomic E-state index is -4.56. The zero-order chi connectivity index (χ0) is 23.1. The van der Waals surface area contributed by atoms with Gasteiger partial charge < -0.3 is 19.8 Å². The molecule has 3 aromatic rings. The van der Waals surface area contributed by atoms with Crippen LogP contribution in [0.2, 0.25) is 0 Å². The number of hydrogen-bond donors (Lipinski definition) is 2. The summed E-state index contributed by atoms with van der Waals surface area (Å²) in [6.07, 6.45) is -3.87. The highest BCUT2D eigenvalue weighted by Gasteiger charge is 2.31. The molecule has 7 nitrogen and oxygen atoms in total. The summed E-state index contributed by atoms with van der Waals surface area (Å²) in [5.74, 6) is 0.0668. The number of fused-ring (bicyclic) bond motifs is 1. The predicted octanol–water partition coefficient (Wildman–Crippen LogP) is 3.93. The van der Waals surface area contributed by atoms with Crippen LogP contribution in [0, 0.1) is 0 Å². The standard InChI is InChI=1S/C22H22F3N3O4/c1-31-11-12-32-18-10-9-14(22(23,24)25)13-17(18)27-20(29)8-4-7-19-26-16-6-3-2-5-15(16)21(30)28-19/h2-3,5-6,9-10,13H,4,7-8,11-12H2,1H3,(H,27,29)(H,26,28,30). The van der Waals surface area contributed by atoms with E-state index in [1.165, 1.54) is 7.11 Å². The molecule has 32 heavy (non-hydrogen) atoms. The predicted molar refractivity (Wildman–Crippen MR) is 113 cm³/mol. The number of benzene rings is 2. The van der Waals surface area contributed by atoms with Crippen LogP contribution in [0.4, 0.5) is 18.9 Å². The third-order valence-electron chi connectivity index (χ3n) is 4.61. The van der Waals surface area contributed by atoms with E-state index in [0.29, 0.717) is 29.6 Å². The molecule has 0 bridgehead atoms. The number of amides is 1. The number of nitrogens with one attached hydrogen (secondary N) is 2. The summed E-state index contributed by atoms with van der Waals surface area (Å²) in [7, 11) is 1.47. The first-order chi connectivity index (χ1) is 15.3. The Balaban J connectivity index is 1.65. The highest BCUT2D eigenvalue weighted by Crippen LogP contribution is 2.35. The van der Waals surface area contributed by atoms with Crippen molar-refractivity contribution in [1.29, 1.82) is 0 Å². The molecule has 0 aliphatic carbocycles. The molecule has 0 saturated heterocycles. The topological polar surface area (TPSA) is 93.3 Å². The number of carbonyl (C=O) groups excluding carboxylic acids is 1. The Morgan fingerprint density at radius 2 is 1.94 bits per heavy atom. The quantitative estimate of drug-likeness (QED) is 0.483. The summed E-state index contributed by atoms with van der Waals surface area (Å²) in [5, 5.41) is 2.95. The molecule has 170 valence electrons. The molecule has 10 heteroatoms. The Bertz CT molecular complexity index is 1150. The van der Waals surface area contributed by atoms with Crippen molar-refractivity contribution in [2.75, 3.05) is 25.6 Å².